The molecule has 0 radical (unpaired) electrons. The molecule has 4 nitrogen and oxygen atoms in total. The van der Waals surface area contributed by atoms with E-state index in [1.807, 2.05) is 12.5 Å². The Bertz CT molecular complexity index is 372. The fourth-order valence-corrected chi connectivity index (χ4v) is 2.90. The lowest BCUT2D eigenvalue weighted by molar-refractivity contribution is 0.208. The molecule has 1 aromatic heterocycles. The Hall–Kier alpha value is -0.870. The molecule has 2 atom stereocenters. The number of hydrogen-bond donors (Lipinski definition) is 1. The summed E-state index contributed by atoms with van der Waals surface area (Å²) in [6, 6.07) is 0.652. The molecule has 1 aliphatic heterocycles. The maximum absolute atomic E-state index is 6.31. The van der Waals surface area contributed by atoms with Crippen LogP contribution in [0.5, 0.6) is 0 Å². The molecule has 0 aliphatic carbocycles. The van der Waals surface area contributed by atoms with Crippen LogP contribution in [0.3, 0.4) is 0 Å². The van der Waals surface area contributed by atoms with Crippen molar-refractivity contribution >= 4 is 0 Å². The van der Waals surface area contributed by atoms with Gasteiger partial charge in [0.15, 0.2) is 0 Å². The van der Waals surface area contributed by atoms with Crippen molar-refractivity contribution in [2.24, 2.45) is 11.7 Å². The topological polar surface area (TPSA) is 47.1 Å². The van der Waals surface area contributed by atoms with Crippen molar-refractivity contribution in [2.45, 2.75) is 45.2 Å². The highest BCUT2D eigenvalue weighted by atomic mass is 15.2. The standard InChI is InChI=1S/C14H26N4/c1-11(2)7-13(15)14-8-16-10-18(14)12-5-4-6-17(3)9-12/h8,10-13H,4-7,9,15H2,1-3H3. The Labute approximate surface area is 110 Å². The van der Waals surface area contributed by atoms with E-state index >= 15 is 0 Å². The number of rotatable bonds is 4. The lowest BCUT2D eigenvalue weighted by Gasteiger charge is -2.32. The van der Waals surface area contributed by atoms with Gasteiger partial charge in [0, 0.05) is 24.8 Å². The minimum atomic E-state index is 0.111. The van der Waals surface area contributed by atoms with Gasteiger partial charge in [-0.2, -0.15) is 0 Å². The molecule has 2 heterocycles. The highest BCUT2D eigenvalue weighted by Gasteiger charge is 2.22. The van der Waals surface area contributed by atoms with Gasteiger partial charge in [0.25, 0.3) is 0 Å². The first-order valence-electron chi connectivity index (χ1n) is 7.03. The third-order valence-corrected chi connectivity index (χ3v) is 3.79. The number of hydrogen-bond acceptors (Lipinski definition) is 3. The van der Waals surface area contributed by atoms with Gasteiger partial charge >= 0.3 is 0 Å². The summed E-state index contributed by atoms with van der Waals surface area (Å²) in [5, 5.41) is 0. The lowest BCUT2D eigenvalue weighted by atomic mass is 10.0. The first-order chi connectivity index (χ1) is 8.58. The Morgan fingerprint density at radius 1 is 1.50 bits per heavy atom. The smallest absolute Gasteiger partial charge is 0.0951 e. The van der Waals surface area contributed by atoms with E-state index in [1.54, 1.807) is 0 Å². The zero-order valence-electron chi connectivity index (χ0n) is 11.8. The fraction of sp³-hybridized carbons (Fsp3) is 0.786. The number of nitrogens with zero attached hydrogens (tertiary/aromatic N) is 3. The number of likely N-dealkylation sites (tertiary alicyclic amines) is 1. The second-order valence-corrected chi connectivity index (χ2v) is 6.02. The van der Waals surface area contributed by atoms with Crippen LogP contribution in [0, 0.1) is 5.92 Å². The van der Waals surface area contributed by atoms with E-state index in [0.717, 1.165) is 13.0 Å². The monoisotopic (exact) mass is 250 g/mol. The summed E-state index contributed by atoms with van der Waals surface area (Å²) < 4.78 is 2.31. The second-order valence-electron chi connectivity index (χ2n) is 6.02. The molecule has 2 unspecified atom stereocenters. The third-order valence-electron chi connectivity index (χ3n) is 3.79. The first-order valence-corrected chi connectivity index (χ1v) is 7.03. The van der Waals surface area contributed by atoms with Crippen LogP contribution in [-0.2, 0) is 0 Å². The van der Waals surface area contributed by atoms with E-state index in [1.165, 1.54) is 25.1 Å². The predicted molar refractivity (Wildman–Crippen MR) is 74.4 cm³/mol. The molecule has 4 heteroatoms. The molecule has 0 aromatic carbocycles. The van der Waals surface area contributed by atoms with Crippen molar-refractivity contribution in [3.8, 4) is 0 Å². The zero-order chi connectivity index (χ0) is 13.1. The number of aromatic nitrogens is 2. The van der Waals surface area contributed by atoms with Gasteiger partial charge in [-0.05, 0) is 38.8 Å². The van der Waals surface area contributed by atoms with Gasteiger partial charge in [0.1, 0.15) is 0 Å². The molecule has 0 amide bonds. The molecule has 2 N–H and O–H groups in total. The van der Waals surface area contributed by atoms with E-state index in [2.05, 4.69) is 35.3 Å². The number of nitrogens with two attached hydrogens (primary N) is 1. The SMILES string of the molecule is CC(C)CC(N)c1cncn1C1CCCN(C)C1. The molecular weight excluding hydrogens is 224 g/mol. The molecule has 18 heavy (non-hydrogen) atoms. The van der Waals surface area contributed by atoms with Crippen LogP contribution in [0.4, 0.5) is 0 Å². The maximum Gasteiger partial charge on any atom is 0.0951 e. The average molecular weight is 250 g/mol. The van der Waals surface area contributed by atoms with Gasteiger partial charge in [-0.15, -0.1) is 0 Å². The largest absolute Gasteiger partial charge is 0.329 e. The summed E-state index contributed by atoms with van der Waals surface area (Å²) in [7, 11) is 2.19. The van der Waals surface area contributed by atoms with E-state index < -0.39 is 0 Å². The van der Waals surface area contributed by atoms with Crippen molar-refractivity contribution in [2.75, 3.05) is 20.1 Å². The summed E-state index contributed by atoms with van der Waals surface area (Å²) in [6.07, 6.45) is 7.43. The van der Waals surface area contributed by atoms with Gasteiger partial charge < -0.3 is 15.2 Å². The minimum Gasteiger partial charge on any atom is -0.329 e. The molecule has 1 aromatic rings. The van der Waals surface area contributed by atoms with E-state index in [4.69, 9.17) is 5.73 Å². The lowest BCUT2D eigenvalue weighted by Crippen LogP contribution is -2.34. The Morgan fingerprint density at radius 3 is 2.94 bits per heavy atom. The van der Waals surface area contributed by atoms with Crippen LogP contribution in [0.25, 0.3) is 0 Å². The summed E-state index contributed by atoms with van der Waals surface area (Å²) >= 11 is 0. The summed E-state index contributed by atoms with van der Waals surface area (Å²) in [5.74, 6) is 0.623. The predicted octanol–water partition coefficient (Wildman–Crippen LogP) is 2.20. The first kappa shape index (κ1) is 13.6. The Kier molecular flexibility index (Phi) is 4.40. The molecular formula is C14H26N4. The highest BCUT2D eigenvalue weighted by molar-refractivity contribution is 5.07. The molecule has 2 rings (SSSR count). The molecule has 102 valence electrons. The van der Waals surface area contributed by atoms with E-state index in [0.29, 0.717) is 12.0 Å². The molecule has 1 saturated heterocycles. The van der Waals surface area contributed by atoms with E-state index in [-0.39, 0.29) is 6.04 Å². The van der Waals surface area contributed by atoms with Crippen LogP contribution in [0.1, 0.15) is 50.9 Å². The van der Waals surface area contributed by atoms with Gasteiger partial charge in [-0.3, -0.25) is 0 Å². The van der Waals surface area contributed by atoms with Crippen LogP contribution in [0.2, 0.25) is 0 Å². The van der Waals surface area contributed by atoms with Crippen molar-refractivity contribution in [3.63, 3.8) is 0 Å². The summed E-state index contributed by atoms with van der Waals surface area (Å²) in [4.78, 5) is 6.71. The van der Waals surface area contributed by atoms with Gasteiger partial charge in [-0.1, -0.05) is 13.8 Å². The molecule has 1 fully saturated rings. The maximum atomic E-state index is 6.31. The molecule has 0 saturated carbocycles. The summed E-state index contributed by atoms with van der Waals surface area (Å²) in [5.41, 5.74) is 7.51. The van der Waals surface area contributed by atoms with Crippen molar-refractivity contribution in [3.05, 3.63) is 18.2 Å². The zero-order valence-corrected chi connectivity index (χ0v) is 11.8. The Balaban J connectivity index is 2.11. The van der Waals surface area contributed by atoms with Crippen molar-refractivity contribution in [1.29, 1.82) is 0 Å². The summed E-state index contributed by atoms with van der Waals surface area (Å²) in [6.45, 7) is 6.75. The molecule has 0 spiro atoms. The molecule has 1 aliphatic rings. The number of piperidine rings is 1. The van der Waals surface area contributed by atoms with E-state index in [9.17, 15) is 0 Å². The fourth-order valence-electron chi connectivity index (χ4n) is 2.90. The van der Waals surface area contributed by atoms with Crippen LogP contribution < -0.4 is 5.73 Å². The average Bonchev–Trinajstić information content (AvgIpc) is 2.76. The normalized spacial score (nSPS) is 23.5. The number of imidazole rings is 1. The van der Waals surface area contributed by atoms with Gasteiger partial charge in [0.05, 0.1) is 12.0 Å². The quantitative estimate of drug-likeness (QED) is 0.891. The minimum absolute atomic E-state index is 0.111. The van der Waals surface area contributed by atoms with Crippen LogP contribution in [-0.4, -0.2) is 34.6 Å². The van der Waals surface area contributed by atoms with Gasteiger partial charge in [-0.25, -0.2) is 4.98 Å². The van der Waals surface area contributed by atoms with Crippen molar-refractivity contribution in [1.82, 2.24) is 14.5 Å². The van der Waals surface area contributed by atoms with Crippen molar-refractivity contribution < 1.29 is 0 Å². The Morgan fingerprint density at radius 2 is 2.28 bits per heavy atom. The molecule has 0 bridgehead atoms. The number of likely N-dealkylation sites (N-methyl/N-ethyl adjacent to an activating group) is 1. The second kappa shape index (κ2) is 5.85. The van der Waals surface area contributed by atoms with Gasteiger partial charge in [0.2, 0.25) is 0 Å². The van der Waals surface area contributed by atoms with Crippen LogP contribution in [0.15, 0.2) is 12.5 Å². The highest BCUT2D eigenvalue weighted by Crippen LogP contribution is 2.26. The van der Waals surface area contributed by atoms with Crippen LogP contribution >= 0.6 is 0 Å². The third kappa shape index (κ3) is 3.12.